The van der Waals surface area contributed by atoms with Crippen molar-refractivity contribution in [3.05, 3.63) is 100 Å². The molecule has 0 radical (unpaired) electrons. The molecule has 1 aliphatic rings. The lowest BCUT2D eigenvalue weighted by Gasteiger charge is -2.30. The van der Waals surface area contributed by atoms with Crippen molar-refractivity contribution in [2.45, 2.75) is 18.4 Å². The van der Waals surface area contributed by atoms with Gasteiger partial charge in [0.15, 0.2) is 0 Å². The summed E-state index contributed by atoms with van der Waals surface area (Å²) in [6.45, 7) is 1.88. The van der Waals surface area contributed by atoms with E-state index in [0.717, 1.165) is 11.1 Å². The number of aryl methyl sites for hydroxylation is 1. The van der Waals surface area contributed by atoms with Crippen LogP contribution in [-0.2, 0) is 16.6 Å². The highest BCUT2D eigenvalue weighted by atomic mass is 32.2. The third-order valence-corrected chi connectivity index (χ3v) is 7.46. The molecule has 8 heteroatoms. The van der Waals surface area contributed by atoms with Gasteiger partial charge in [-0.05, 0) is 30.0 Å². The number of anilines is 1. The number of para-hydroxylation sites is 1. The van der Waals surface area contributed by atoms with Crippen LogP contribution in [-0.4, -0.2) is 18.3 Å². The van der Waals surface area contributed by atoms with Gasteiger partial charge in [-0.15, -0.1) is 0 Å². The number of nitro groups is 1. The fourth-order valence-electron chi connectivity index (χ4n) is 4.14. The van der Waals surface area contributed by atoms with Crippen molar-refractivity contribution < 1.29 is 13.3 Å². The molecular formula is C24H19N3O4S. The van der Waals surface area contributed by atoms with Crippen LogP contribution in [0.15, 0.2) is 83.8 Å². The average molecular weight is 446 g/mol. The summed E-state index contributed by atoms with van der Waals surface area (Å²) in [6, 6.07) is 22.8. The third kappa shape index (κ3) is 3.07. The first-order valence-corrected chi connectivity index (χ1v) is 11.5. The molecule has 0 bridgehead atoms. The monoisotopic (exact) mass is 445 g/mol. The van der Waals surface area contributed by atoms with Crippen LogP contribution in [0, 0.1) is 17.0 Å². The predicted molar refractivity (Wildman–Crippen MR) is 123 cm³/mol. The molecule has 0 unspecified atom stereocenters. The number of rotatable bonds is 4. The van der Waals surface area contributed by atoms with Gasteiger partial charge in [-0.1, -0.05) is 66.2 Å². The minimum absolute atomic E-state index is 0.0167. The first-order chi connectivity index (χ1) is 15.4. The Labute approximate surface area is 185 Å². The zero-order chi connectivity index (χ0) is 22.5. The molecule has 0 saturated heterocycles. The summed E-state index contributed by atoms with van der Waals surface area (Å²) in [7, 11) is -3.90. The summed E-state index contributed by atoms with van der Waals surface area (Å²) < 4.78 is 28.6. The Morgan fingerprint density at radius 3 is 2.28 bits per heavy atom. The standard InChI is InChI=1S/C24H19N3O4S/c1-16-11-13-18(14-12-16)32(30,31)26-15-20-22(19-9-5-6-10-21(19)26)24(27(28)29)25-23(20)17-7-3-2-4-8-17/h2-14,25H,15H2,1H3. The van der Waals surface area contributed by atoms with E-state index in [9.17, 15) is 18.5 Å². The zero-order valence-corrected chi connectivity index (χ0v) is 18.0. The Balaban J connectivity index is 1.76. The highest BCUT2D eigenvalue weighted by molar-refractivity contribution is 7.92. The second kappa shape index (κ2) is 7.35. The quantitative estimate of drug-likeness (QED) is 0.342. The smallest absolute Gasteiger partial charge is 0.329 e. The Morgan fingerprint density at radius 1 is 0.938 bits per heavy atom. The molecule has 0 spiro atoms. The van der Waals surface area contributed by atoms with Crippen LogP contribution in [0.5, 0.6) is 0 Å². The second-order valence-corrected chi connectivity index (χ2v) is 9.53. The molecule has 0 atom stereocenters. The summed E-state index contributed by atoms with van der Waals surface area (Å²) in [5, 5.41) is 11.9. The van der Waals surface area contributed by atoms with Gasteiger partial charge >= 0.3 is 5.82 Å². The first-order valence-electron chi connectivity index (χ1n) is 10.0. The molecule has 32 heavy (non-hydrogen) atoms. The lowest BCUT2D eigenvalue weighted by Crippen LogP contribution is -2.33. The van der Waals surface area contributed by atoms with Crippen LogP contribution in [0.25, 0.3) is 22.4 Å². The lowest BCUT2D eigenvalue weighted by atomic mass is 9.95. The van der Waals surface area contributed by atoms with Gasteiger partial charge in [0.1, 0.15) is 5.69 Å². The summed E-state index contributed by atoms with van der Waals surface area (Å²) in [5.41, 5.74) is 4.20. The lowest BCUT2D eigenvalue weighted by molar-refractivity contribution is -0.388. The normalized spacial score (nSPS) is 12.8. The van der Waals surface area contributed by atoms with Gasteiger partial charge in [-0.3, -0.25) is 4.31 Å². The average Bonchev–Trinajstić information content (AvgIpc) is 3.20. The Morgan fingerprint density at radius 2 is 1.59 bits per heavy atom. The zero-order valence-electron chi connectivity index (χ0n) is 17.1. The van der Waals surface area contributed by atoms with Crippen LogP contribution >= 0.6 is 0 Å². The van der Waals surface area contributed by atoms with Crippen molar-refractivity contribution in [3.63, 3.8) is 0 Å². The number of hydrogen-bond acceptors (Lipinski definition) is 4. The molecule has 1 N–H and O–H groups in total. The minimum atomic E-state index is -3.90. The number of sulfonamides is 1. The summed E-state index contributed by atoms with van der Waals surface area (Å²) in [5.74, 6) is -0.140. The fourth-order valence-corrected chi connectivity index (χ4v) is 5.60. The molecule has 2 heterocycles. The largest absolute Gasteiger partial charge is 0.358 e. The minimum Gasteiger partial charge on any atom is -0.358 e. The van der Waals surface area contributed by atoms with E-state index in [4.69, 9.17) is 0 Å². The summed E-state index contributed by atoms with van der Waals surface area (Å²) in [6.07, 6.45) is 0. The molecule has 1 aliphatic heterocycles. The summed E-state index contributed by atoms with van der Waals surface area (Å²) >= 11 is 0. The van der Waals surface area contributed by atoms with E-state index in [1.165, 1.54) is 4.31 Å². The van der Waals surface area contributed by atoms with Crippen molar-refractivity contribution in [1.82, 2.24) is 4.98 Å². The third-order valence-electron chi connectivity index (χ3n) is 5.68. The van der Waals surface area contributed by atoms with Crippen LogP contribution in [0.4, 0.5) is 11.5 Å². The molecule has 0 fully saturated rings. The molecular weight excluding hydrogens is 426 g/mol. The van der Waals surface area contributed by atoms with E-state index in [1.54, 1.807) is 48.5 Å². The van der Waals surface area contributed by atoms with Gasteiger partial charge in [-0.2, -0.15) is 0 Å². The van der Waals surface area contributed by atoms with Crippen LogP contribution in [0.3, 0.4) is 0 Å². The van der Waals surface area contributed by atoms with E-state index >= 15 is 0 Å². The van der Waals surface area contributed by atoms with Crippen molar-refractivity contribution in [2.24, 2.45) is 0 Å². The number of nitrogens with one attached hydrogen (secondary N) is 1. The van der Waals surface area contributed by atoms with Gasteiger partial charge in [0.05, 0.1) is 22.7 Å². The molecule has 3 aromatic carbocycles. The number of benzene rings is 3. The van der Waals surface area contributed by atoms with E-state index in [-0.39, 0.29) is 17.3 Å². The topological polar surface area (TPSA) is 96.3 Å². The van der Waals surface area contributed by atoms with Crippen LogP contribution in [0.1, 0.15) is 11.1 Å². The molecule has 4 aromatic rings. The summed E-state index contributed by atoms with van der Waals surface area (Å²) in [4.78, 5) is 14.6. The molecule has 0 aliphatic carbocycles. The van der Waals surface area contributed by atoms with Gasteiger partial charge in [0, 0.05) is 16.7 Å². The van der Waals surface area contributed by atoms with Crippen molar-refractivity contribution in [3.8, 4) is 22.4 Å². The Hall–Kier alpha value is -3.91. The molecule has 1 aromatic heterocycles. The van der Waals surface area contributed by atoms with E-state index < -0.39 is 14.9 Å². The maximum absolute atomic E-state index is 13.6. The second-order valence-electron chi connectivity index (χ2n) is 7.67. The van der Waals surface area contributed by atoms with E-state index in [1.807, 2.05) is 37.3 Å². The fraction of sp³-hybridized carbons (Fsp3) is 0.0833. The Kier molecular flexibility index (Phi) is 4.60. The number of nitrogens with zero attached hydrogens (tertiary/aromatic N) is 2. The highest BCUT2D eigenvalue weighted by Crippen LogP contribution is 2.48. The van der Waals surface area contributed by atoms with Crippen LogP contribution in [0.2, 0.25) is 0 Å². The van der Waals surface area contributed by atoms with Gasteiger partial charge in [0.2, 0.25) is 0 Å². The number of hydrogen-bond donors (Lipinski definition) is 1. The van der Waals surface area contributed by atoms with E-state index in [0.29, 0.717) is 28.1 Å². The molecule has 0 saturated carbocycles. The SMILES string of the molecule is Cc1ccc(S(=O)(=O)N2Cc3c(-c4ccccc4)[nH]c([N+](=O)[O-])c3-c3ccccc32)cc1. The van der Waals surface area contributed by atoms with E-state index in [2.05, 4.69) is 4.98 Å². The van der Waals surface area contributed by atoms with Crippen molar-refractivity contribution in [1.29, 1.82) is 0 Å². The highest BCUT2D eigenvalue weighted by Gasteiger charge is 2.38. The Bertz CT molecular complexity index is 1440. The van der Waals surface area contributed by atoms with Gasteiger partial charge < -0.3 is 10.1 Å². The maximum atomic E-state index is 13.6. The van der Waals surface area contributed by atoms with Gasteiger partial charge in [0.25, 0.3) is 10.0 Å². The van der Waals surface area contributed by atoms with Crippen LogP contribution < -0.4 is 4.31 Å². The van der Waals surface area contributed by atoms with Crippen molar-refractivity contribution >= 4 is 21.5 Å². The molecule has 0 amide bonds. The number of H-pyrrole nitrogens is 1. The predicted octanol–water partition coefficient (Wildman–Crippen LogP) is 5.27. The van der Waals surface area contributed by atoms with Crippen molar-refractivity contribution in [2.75, 3.05) is 4.31 Å². The number of aromatic amines is 1. The number of aromatic nitrogens is 1. The number of fused-ring (bicyclic) bond motifs is 3. The maximum Gasteiger partial charge on any atom is 0.329 e. The van der Waals surface area contributed by atoms with Gasteiger partial charge in [-0.25, -0.2) is 13.4 Å². The molecule has 5 rings (SSSR count). The molecule has 7 nitrogen and oxygen atoms in total. The molecule has 160 valence electrons. The first kappa shape index (κ1) is 20.0.